The summed E-state index contributed by atoms with van der Waals surface area (Å²) < 4.78 is 15.5. The molecule has 0 aliphatic carbocycles. The maximum atomic E-state index is 13.7. The number of aromatic nitrogens is 4. The molecule has 1 unspecified atom stereocenters. The van der Waals surface area contributed by atoms with Crippen molar-refractivity contribution in [3.63, 3.8) is 0 Å². The number of H-pyrrole nitrogens is 2. The smallest absolute Gasteiger partial charge is 0.407 e. The lowest BCUT2D eigenvalue weighted by Crippen LogP contribution is -2.54. The van der Waals surface area contributed by atoms with Gasteiger partial charge >= 0.3 is 12.2 Å². The Balaban J connectivity index is 1.15. The normalized spacial score (nSPS) is 18.9. The summed E-state index contributed by atoms with van der Waals surface area (Å²) in [6, 6.07) is 13.8. The number of hydrogen-bond donors (Lipinski definition) is 5. The number of alkyl carbamates (subject to hydrolysis) is 1. The minimum absolute atomic E-state index is 0.253. The van der Waals surface area contributed by atoms with Crippen LogP contribution in [0.1, 0.15) is 74.7 Å². The molecule has 4 heterocycles. The second-order valence-electron chi connectivity index (χ2n) is 14.6. The summed E-state index contributed by atoms with van der Waals surface area (Å²) in [5, 5.41) is 14.3. The lowest BCUT2D eigenvalue weighted by molar-refractivity contribution is -0.138. The Kier molecular flexibility index (Phi) is 12.6. The molecule has 0 saturated carbocycles. The number of hydrogen-bond acceptors (Lipinski definition) is 9. The Morgan fingerprint density at radius 2 is 1.07 bits per heavy atom. The highest BCUT2D eigenvalue weighted by Crippen LogP contribution is 2.36. The van der Waals surface area contributed by atoms with Crippen molar-refractivity contribution in [1.29, 1.82) is 0 Å². The number of ether oxygens (including phenoxy) is 3. The van der Waals surface area contributed by atoms with Crippen molar-refractivity contribution < 1.29 is 38.5 Å². The van der Waals surface area contributed by atoms with E-state index in [-0.39, 0.29) is 23.9 Å². The summed E-state index contributed by atoms with van der Waals surface area (Å²) >= 11 is 0. The van der Waals surface area contributed by atoms with Gasteiger partial charge in [-0.05, 0) is 64.5 Å². The third-order valence-corrected chi connectivity index (χ3v) is 11.1. The van der Waals surface area contributed by atoms with Crippen LogP contribution >= 0.6 is 0 Å². The SMILES string of the molecule is COC(=O)N[C@H](C(=O)N1CCC[C@H]1c1nc(-c2ccc(-c3ccc(-c4nc([C@@H]5CCCN5C(=O)[C@@H](NC(=O)O)[C@@H](C)OC)[nH]c4C)cc3)cc2)c(C)[nH]1)C(C)OC. The first kappa shape index (κ1) is 40.9. The van der Waals surface area contributed by atoms with Crippen LogP contribution < -0.4 is 10.6 Å². The Morgan fingerprint density at radius 1 is 0.684 bits per heavy atom. The Labute approximate surface area is 331 Å². The van der Waals surface area contributed by atoms with Gasteiger partial charge in [-0.15, -0.1) is 0 Å². The fourth-order valence-corrected chi connectivity index (χ4v) is 7.82. The number of amides is 4. The van der Waals surface area contributed by atoms with E-state index >= 15 is 0 Å². The van der Waals surface area contributed by atoms with Crippen molar-refractivity contribution in [2.45, 2.75) is 89.8 Å². The van der Waals surface area contributed by atoms with Gasteiger partial charge in [-0.3, -0.25) is 9.59 Å². The average molecular weight is 785 g/mol. The van der Waals surface area contributed by atoms with E-state index in [2.05, 4.69) is 32.7 Å². The Bertz CT molecular complexity index is 2060. The fourth-order valence-electron chi connectivity index (χ4n) is 7.82. The molecule has 2 aliphatic heterocycles. The molecule has 2 aliphatic rings. The third-order valence-electron chi connectivity index (χ3n) is 11.1. The quantitative estimate of drug-likeness (QED) is 0.115. The van der Waals surface area contributed by atoms with Crippen molar-refractivity contribution in [3.05, 3.63) is 71.6 Å². The number of nitrogens with one attached hydrogen (secondary N) is 4. The lowest BCUT2D eigenvalue weighted by Gasteiger charge is -2.30. The summed E-state index contributed by atoms with van der Waals surface area (Å²) in [4.78, 5) is 70.9. The fraction of sp³-hybridized carbons (Fsp3) is 0.463. The molecule has 2 saturated heterocycles. The number of carbonyl (C=O) groups is 4. The highest BCUT2D eigenvalue weighted by molar-refractivity contribution is 5.87. The van der Waals surface area contributed by atoms with Crippen LogP contribution in [0.15, 0.2) is 48.5 Å². The summed E-state index contributed by atoms with van der Waals surface area (Å²) in [7, 11) is 4.20. The molecule has 0 spiro atoms. The first-order valence-electron chi connectivity index (χ1n) is 19.2. The second-order valence-corrected chi connectivity index (χ2v) is 14.6. The van der Waals surface area contributed by atoms with Crippen molar-refractivity contribution in [1.82, 2.24) is 40.4 Å². The van der Waals surface area contributed by atoms with E-state index in [1.165, 1.54) is 21.3 Å². The first-order chi connectivity index (χ1) is 27.3. The first-order valence-corrected chi connectivity index (χ1v) is 19.2. The molecular weight excluding hydrogens is 732 g/mol. The monoisotopic (exact) mass is 784 g/mol. The van der Waals surface area contributed by atoms with Gasteiger partial charge in [-0.25, -0.2) is 19.6 Å². The van der Waals surface area contributed by atoms with Crippen molar-refractivity contribution in [2.24, 2.45) is 0 Å². The Hall–Kier alpha value is -5.74. The van der Waals surface area contributed by atoms with Gasteiger partial charge in [-0.1, -0.05) is 48.5 Å². The third kappa shape index (κ3) is 8.66. The van der Waals surface area contributed by atoms with Gasteiger partial charge in [0.1, 0.15) is 23.7 Å². The van der Waals surface area contributed by atoms with E-state index in [4.69, 9.17) is 24.2 Å². The maximum Gasteiger partial charge on any atom is 0.407 e. The average Bonchev–Trinajstić information content (AvgIpc) is 4.04. The number of carbonyl (C=O) groups excluding carboxylic acids is 3. The standard InChI is InChI=1S/C41H52N8O8/c1-22-32(44-36(42-22)30-10-8-20-48(30)38(50)34(24(3)55-5)46-40(52)53)28-16-12-26(13-17-28)27-14-18-29(19-15-27)33-23(2)43-37(45-33)31-11-9-21-49(31)39(51)35(25(4)56-6)47-41(54)57-7/h12-19,24-25,30-31,34-35,46H,8-11,20-21H2,1-7H3,(H,42,44)(H,43,45)(H,47,54)(H,52,53)/t24-,25?,30+,31+,34+,35+/m1/s1. The number of imidazole rings is 2. The van der Waals surface area contributed by atoms with Gasteiger partial charge in [-0.2, -0.15) is 0 Å². The zero-order valence-corrected chi connectivity index (χ0v) is 33.4. The number of aromatic amines is 2. The van der Waals surface area contributed by atoms with Crippen LogP contribution in [-0.2, 0) is 23.8 Å². The molecule has 2 aromatic carbocycles. The number of aryl methyl sites for hydroxylation is 2. The minimum Gasteiger partial charge on any atom is -0.465 e. The zero-order chi connectivity index (χ0) is 41.0. The Morgan fingerprint density at radius 3 is 1.44 bits per heavy atom. The molecule has 57 heavy (non-hydrogen) atoms. The van der Waals surface area contributed by atoms with Crippen LogP contribution in [0.4, 0.5) is 9.59 Å². The molecule has 6 rings (SSSR count). The minimum atomic E-state index is -1.28. The van der Waals surface area contributed by atoms with E-state index < -0.39 is 36.5 Å². The van der Waals surface area contributed by atoms with Crippen LogP contribution in [0, 0.1) is 13.8 Å². The predicted octanol–water partition coefficient (Wildman–Crippen LogP) is 5.51. The largest absolute Gasteiger partial charge is 0.465 e. The van der Waals surface area contributed by atoms with Gasteiger partial charge in [0.2, 0.25) is 11.8 Å². The topological polar surface area (TPSA) is 204 Å². The molecule has 2 fully saturated rings. The van der Waals surface area contributed by atoms with Crippen molar-refractivity contribution in [2.75, 3.05) is 34.4 Å². The van der Waals surface area contributed by atoms with Crippen LogP contribution in [0.2, 0.25) is 0 Å². The van der Waals surface area contributed by atoms with E-state index in [0.717, 1.165) is 64.3 Å². The molecule has 4 amide bonds. The van der Waals surface area contributed by atoms with E-state index in [0.29, 0.717) is 31.2 Å². The highest BCUT2D eigenvalue weighted by atomic mass is 16.5. The summed E-state index contributed by atoms with van der Waals surface area (Å²) in [5.41, 5.74) is 7.25. The molecule has 2 aromatic heterocycles. The number of carboxylic acid groups (broad SMARTS) is 1. The summed E-state index contributed by atoms with van der Waals surface area (Å²) in [5.74, 6) is 0.764. The van der Waals surface area contributed by atoms with Gasteiger partial charge in [0.05, 0.1) is 42.8 Å². The maximum absolute atomic E-state index is 13.7. The molecule has 16 heteroatoms. The van der Waals surface area contributed by atoms with Crippen LogP contribution in [-0.4, -0.2) is 118 Å². The molecule has 0 bridgehead atoms. The van der Waals surface area contributed by atoms with Crippen molar-refractivity contribution >= 4 is 24.0 Å². The molecule has 6 atom stereocenters. The molecule has 5 N–H and O–H groups in total. The zero-order valence-electron chi connectivity index (χ0n) is 33.4. The summed E-state index contributed by atoms with van der Waals surface area (Å²) in [6.07, 6.45) is -0.177. The van der Waals surface area contributed by atoms with E-state index in [1.807, 2.05) is 50.2 Å². The summed E-state index contributed by atoms with van der Waals surface area (Å²) in [6.45, 7) is 8.34. The molecule has 0 radical (unpaired) electrons. The van der Waals surface area contributed by atoms with Crippen LogP contribution in [0.25, 0.3) is 33.6 Å². The second kappa shape index (κ2) is 17.6. The predicted molar refractivity (Wildman–Crippen MR) is 211 cm³/mol. The van der Waals surface area contributed by atoms with E-state index in [1.54, 1.807) is 23.6 Å². The van der Waals surface area contributed by atoms with Gasteiger partial charge in [0.25, 0.3) is 0 Å². The number of likely N-dealkylation sites (tertiary alicyclic amines) is 2. The molecule has 4 aromatic rings. The van der Waals surface area contributed by atoms with Gasteiger partial charge in [0, 0.05) is 49.8 Å². The van der Waals surface area contributed by atoms with Crippen molar-refractivity contribution in [3.8, 4) is 33.6 Å². The van der Waals surface area contributed by atoms with Gasteiger partial charge < -0.3 is 49.7 Å². The number of nitrogens with zero attached hydrogens (tertiary/aromatic N) is 4. The molecular formula is C41H52N8O8. The lowest BCUT2D eigenvalue weighted by atomic mass is 10.0. The molecule has 16 nitrogen and oxygen atoms in total. The van der Waals surface area contributed by atoms with E-state index in [9.17, 15) is 24.3 Å². The highest BCUT2D eigenvalue weighted by Gasteiger charge is 2.40. The number of rotatable bonds is 13. The number of benzene rings is 2. The van der Waals surface area contributed by atoms with Crippen LogP contribution in [0.3, 0.4) is 0 Å². The van der Waals surface area contributed by atoms with Crippen LogP contribution in [0.5, 0.6) is 0 Å². The van der Waals surface area contributed by atoms with Gasteiger partial charge in [0.15, 0.2) is 0 Å². The number of methoxy groups -OCH3 is 3. The molecule has 304 valence electrons.